The molecule has 0 fully saturated rings. The Morgan fingerprint density at radius 3 is 1.19 bits per heavy atom. The molecule has 2 aliphatic heterocycles. The molecule has 13 nitrogen and oxygen atoms in total. The summed E-state index contributed by atoms with van der Waals surface area (Å²) in [6.07, 6.45) is 0. The van der Waals surface area contributed by atoms with E-state index >= 15 is 0 Å². The second kappa shape index (κ2) is 35.2. The Balaban J connectivity index is 0.000000102. The van der Waals surface area contributed by atoms with Crippen molar-refractivity contribution < 1.29 is 18.0 Å². The van der Waals surface area contributed by atoms with E-state index in [1.165, 1.54) is 128 Å². The topological polar surface area (TPSA) is 136 Å². The van der Waals surface area contributed by atoms with E-state index in [-0.39, 0.29) is 0 Å². The third-order valence-corrected chi connectivity index (χ3v) is 36.6. The Morgan fingerprint density at radius 1 is 0.236 bits per heavy atom. The number of fused-ring (bicyclic) bond motifs is 23. The number of para-hydroxylation sites is 8. The first-order valence-electron chi connectivity index (χ1n) is 48.4. The summed E-state index contributed by atoms with van der Waals surface area (Å²) < 4.78 is 34.8. The second-order valence-electron chi connectivity index (χ2n) is 36.7. The third kappa shape index (κ3) is 15.0. The summed E-state index contributed by atoms with van der Waals surface area (Å²) in [6, 6.07) is 150. The van der Waals surface area contributed by atoms with Crippen LogP contribution >= 0.6 is 91.5 Å². The van der Waals surface area contributed by atoms with Crippen molar-refractivity contribution in [2.24, 2.45) is 0 Å². The lowest BCUT2D eigenvalue weighted by Gasteiger charge is -2.33. The minimum absolute atomic E-state index is 0.529. The van der Waals surface area contributed by atoms with Crippen LogP contribution in [0.3, 0.4) is 0 Å². The van der Waals surface area contributed by atoms with Gasteiger partial charge in [0.25, 0.3) is 0 Å². The molecule has 0 N–H and O–H groups in total. The Labute approximate surface area is 877 Å². The van der Waals surface area contributed by atoms with Gasteiger partial charge in [-0.15, -0.1) is 68.0 Å². The van der Waals surface area contributed by atoms with Crippen LogP contribution in [0.2, 0.25) is 0 Å². The summed E-state index contributed by atoms with van der Waals surface area (Å²) in [5.41, 5.74) is 24.9. The van der Waals surface area contributed by atoms with Gasteiger partial charge in [0.2, 0.25) is 11.8 Å². The van der Waals surface area contributed by atoms with Crippen LogP contribution in [0.4, 0.5) is 51.2 Å². The lowest BCUT2D eigenvalue weighted by Crippen LogP contribution is -2.14. The maximum Gasteiger partial charge on any atom is 0.227 e. The van der Waals surface area contributed by atoms with Crippen molar-refractivity contribution in [1.82, 2.24) is 29.9 Å². The lowest BCUT2D eigenvalue weighted by atomic mass is 10.0. The molecule has 9 aromatic heterocycles. The first-order valence-corrected chi connectivity index (χ1v) is 55.0. The molecule has 148 heavy (non-hydrogen) atoms. The Morgan fingerprint density at radius 2 is 0.649 bits per heavy atom. The highest BCUT2D eigenvalue weighted by Gasteiger charge is 2.32. The standard InChI is InChI=1S/C43H27N3O4.2C42H23N3S4/c1-47-41-24-29(43-45-35-11-5-7-13-38(35)50-43)16-21-36(41)46(30-17-14-26(15-18-30)42-44-34-10-4-6-12-37(34)49-42)31-19-20-32-33-22-27-8-2-3-9-28(27)23-39(33)48-40(32)25-31;1-2-8-28-24(7-1)16-20-36-40(28)29-22-39-33(23-37(29)46-36)45(27-17-13-25(14-18-27)41-43-30-9-3-5-11-34(30)48-41)32-19-15-26(21-38(32)47-39)42-44-31-10-4-6-12-35(31)49-42;1-2-8-26-20-37-29(19-25(26)7-1)30-22-40-34(23-38(30)46-37)45(28-16-13-24(14-17-28)41-43-31-9-3-5-11-35(31)48-41)33-18-15-27(21-39(33)47-40)42-44-32-10-4-6-12-36(32)49-42/h2-25H,1H3;2*1-23H. The van der Waals surface area contributed by atoms with Crippen LogP contribution in [0, 0.1) is 0 Å². The Bertz CT molecular complexity index is 10500. The van der Waals surface area contributed by atoms with Crippen molar-refractivity contribution in [1.29, 1.82) is 0 Å². The first-order chi connectivity index (χ1) is 73.1. The summed E-state index contributed by atoms with van der Waals surface area (Å²) in [5, 5.41) is 19.1. The highest BCUT2D eigenvalue weighted by molar-refractivity contribution is 8.00. The minimum Gasteiger partial charge on any atom is -0.495 e. The lowest BCUT2D eigenvalue weighted by molar-refractivity contribution is 0.416. The van der Waals surface area contributed by atoms with E-state index in [0.717, 1.165) is 153 Å². The predicted molar refractivity (Wildman–Crippen MR) is 624 cm³/mol. The number of thiazole rings is 4. The molecule has 21 heteroatoms. The van der Waals surface area contributed by atoms with E-state index in [9.17, 15) is 0 Å². The van der Waals surface area contributed by atoms with E-state index in [4.69, 9.17) is 47.9 Å². The van der Waals surface area contributed by atoms with Gasteiger partial charge in [-0.1, -0.05) is 175 Å². The molecule has 0 radical (unpaired) electrons. The molecule has 0 saturated heterocycles. The zero-order chi connectivity index (χ0) is 97.3. The third-order valence-electron chi connectivity index (χ3n) is 27.8. The number of hydrogen-bond donors (Lipinski definition) is 0. The smallest absolute Gasteiger partial charge is 0.227 e. The van der Waals surface area contributed by atoms with Gasteiger partial charge in [-0.25, -0.2) is 29.9 Å². The molecule has 21 aromatic carbocycles. The average Bonchev–Trinajstić information content (AvgIpc) is 1.54. The van der Waals surface area contributed by atoms with Crippen LogP contribution in [-0.2, 0) is 0 Å². The van der Waals surface area contributed by atoms with E-state index in [0.29, 0.717) is 17.5 Å². The molecule has 0 bridgehead atoms. The fraction of sp³-hybridized carbons (Fsp3) is 0.00787. The molecular formula is C127H73N9O4S8. The summed E-state index contributed by atoms with van der Waals surface area (Å²) in [5.74, 6) is 1.76. The number of nitrogens with zero attached hydrogens (tertiary/aromatic N) is 9. The van der Waals surface area contributed by atoms with Crippen LogP contribution in [0.15, 0.2) is 457 Å². The summed E-state index contributed by atoms with van der Waals surface area (Å²) in [6.45, 7) is 0. The minimum atomic E-state index is 0.529. The van der Waals surface area contributed by atoms with Crippen LogP contribution in [0.1, 0.15) is 0 Å². The molecule has 30 aromatic rings. The van der Waals surface area contributed by atoms with Crippen molar-refractivity contribution in [2.45, 2.75) is 19.6 Å². The van der Waals surface area contributed by atoms with Gasteiger partial charge in [-0.2, -0.15) is 0 Å². The molecule has 0 unspecified atom stereocenters. The van der Waals surface area contributed by atoms with Gasteiger partial charge in [-0.3, -0.25) is 0 Å². The van der Waals surface area contributed by atoms with Crippen LogP contribution < -0.4 is 19.4 Å². The van der Waals surface area contributed by atoms with Gasteiger partial charge >= 0.3 is 0 Å². The van der Waals surface area contributed by atoms with Crippen molar-refractivity contribution in [2.75, 3.05) is 21.8 Å². The van der Waals surface area contributed by atoms with Gasteiger partial charge in [-0.05, 0) is 299 Å². The predicted octanol–water partition coefficient (Wildman–Crippen LogP) is 39.2. The monoisotopic (exact) mass is 2040 g/mol. The molecule has 0 saturated carbocycles. The molecule has 0 atom stereocenters. The van der Waals surface area contributed by atoms with Crippen molar-refractivity contribution in [3.8, 4) is 70.9 Å². The van der Waals surface area contributed by atoms with Crippen LogP contribution in [0.25, 0.3) is 223 Å². The number of aromatic nitrogens is 6. The molecule has 0 aliphatic carbocycles. The van der Waals surface area contributed by atoms with Crippen molar-refractivity contribution in [3.05, 3.63) is 425 Å². The summed E-state index contributed by atoms with van der Waals surface area (Å²) in [4.78, 5) is 41.3. The summed E-state index contributed by atoms with van der Waals surface area (Å²) in [7, 11) is 1.68. The van der Waals surface area contributed by atoms with Gasteiger partial charge in [0.15, 0.2) is 11.2 Å². The van der Waals surface area contributed by atoms with Crippen molar-refractivity contribution in [3.63, 3.8) is 0 Å². The normalized spacial score (nSPS) is 12.4. The van der Waals surface area contributed by atoms with E-state index < -0.39 is 0 Å². The number of anilines is 9. The molecule has 11 heterocycles. The van der Waals surface area contributed by atoms with Gasteiger partial charge in [0.1, 0.15) is 48.0 Å². The van der Waals surface area contributed by atoms with Crippen LogP contribution in [-0.4, -0.2) is 37.0 Å². The molecule has 698 valence electrons. The highest BCUT2D eigenvalue weighted by Crippen LogP contribution is 2.59. The molecule has 2 aliphatic rings. The maximum absolute atomic E-state index is 6.49. The van der Waals surface area contributed by atoms with Crippen molar-refractivity contribution >= 4 is 300 Å². The number of rotatable bonds is 12. The van der Waals surface area contributed by atoms with Crippen LogP contribution in [0.5, 0.6) is 5.75 Å². The number of methoxy groups -OCH3 is 1. The second-order valence-corrected chi connectivity index (χ2v) is 45.2. The zero-order valence-electron chi connectivity index (χ0n) is 78.3. The Hall–Kier alpha value is -17.0. The fourth-order valence-electron chi connectivity index (χ4n) is 20.7. The molecule has 0 spiro atoms. The number of oxazole rings is 2. The largest absolute Gasteiger partial charge is 0.495 e. The number of furan rings is 1. The number of thiophene rings is 2. The zero-order valence-corrected chi connectivity index (χ0v) is 84.9. The Kier molecular flexibility index (Phi) is 20.6. The maximum atomic E-state index is 6.49. The average molecular weight is 2050 g/mol. The van der Waals surface area contributed by atoms with Gasteiger partial charge in [0, 0.05) is 127 Å². The molecule has 32 rings (SSSR count). The SMILES string of the molecule is COc1cc(-c2nc3ccccc3o2)ccc1N(c1ccc(-c2nc3ccccc3o2)cc1)c1ccc2c(c1)oc1cc3ccccc3cc12.c1ccc2c(c1)ccc1sc3cc4c(cc3c12)Sc1cc(-c2nc3ccccc3s2)ccc1N4c1ccc(-c2nc3ccccc3s2)cc1.c1ccc2cc3c(cc2c1)sc1cc2c(cc13)Sc1cc(-c3nc4ccccc4s3)ccc1N2c1ccc(-c2nc3ccccc3s2)cc1. The van der Waals surface area contributed by atoms with Gasteiger partial charge in [0.05, 0.1) is 82.1 Å². The number of ether oxygens (including phenoxy) is 1. The van der Waals surface area contributed by atoms with E-state index in [2.05, 4.69) is 354 Å². The number of hydrogen-bond acceptors (Lipinski definition) is 21. The molecule has 0 amide bonds. The molecular weight excluding hydrogens is 1970 g/mol. The van der Waals surface area contributed by atoms with E-state index in [1.54, 1.807) is 52.5 Å². The van der Waals surface area contributed by atoms with Gasteiger partial charge < -0.3 is 32.7 Å². The quantitative estimate of drug-likeness (QED) is 0.115. The van der Waals surface area contributed by atoms with E-state index in [1.807, 2.05) is 131 Å². The fourth-order valence-corrected chi connectivity index (χ4v) is 29.1. The summed E-state index contributed by atoms with van der Waals surface area (Å²) >= 11 is 14.5. The number of benzene rings is 21. The first kappa shape index (κ1) is 86.5. The highest BCUT2D eigenvalue weighted by atomic mass is 32.2.